The molecule has 0 aliphatic carbocycles. The Hall–Kier alpha value is -1.62. The van der Waals surface area contributed by atoms with Crippen molar-refractivity contribution in [3.63, 3.8) is 0 Å². The molecule has 0 saturated carbocycles. The van der Waals surface area contributed by atoms with Crippen LogP contribution >= 0.6 is 0 Å². The highest BCUT2D eigenvalue weighted by Crippen LogP contribution is 2.36. The Morgan fingerprint density at radius 1 is 1.18 bits per heavy atom. The molecule has 1 N–H and O–H groups in total. The maximum atomic E-state index is 13.2. The van der Waals surface area contributed by atoms with Gasteiger partial charge in [-0.25, -0.2) is 17.9 Å². The van der Waals surface area contributed by atoms with E-state index in [1.165, 1.54) is 0 Å². The van der Waals surface area contributed by atoms with Crippen LogP contribution in [0.3, 0.4) is 0 Å². The van der Waals surface area contributed by atoms with E-state index in [1.807, 2.05) is 61.5 Å². The molecule has 2 heterocycles. The van der Waals surface area contributed by atoms with Gasteiger partial charge in [0.1, 0.15) is 5.60 Å². The van der Waals surface area contributed by atoms with E-state index < -0.39 is 33.9 Å². The number of aryl methyl sites for hydroxylation is 1. The fourth-order valence-corrected chi connectivity index (χ4v) is 5.34. The fraction of sp³-hybridized carbons (Fsp3) is 0.708. The van der Waals surface area contributed by atoms with Crippen molar-refractivity contribution < 1.29 is 27.3 Å². The molecule has 0 aromatic heterocycles. The number of nitrogens with zero attached hydrogens (tertiary/aromatic N) is 1. The Bertz CT molecular complexity index is 1000. The van der Waals surface area contributed by atoms with Crippen LogP contribution in [0.4, 0.5) is 4.79 Å². The van der Waals surface area contributed by atoms with E-state index in [2.05, 4.69) is 4.72 Å². The zero-order valence-electron chi connectivity index (χ0n) is 21.7. The standard InChI is InChI=1S/C24H39BN2O6S/c1-17-12-19(25-32-23(5,6)24(7,8)33-25)14-20(13-17)34(29,30)26-15-18-10-9-11-27(16-18)21(28)31-22(2,3)4/h12-14,18,26H,9-11,15-16H2,1-8H3. The summed E-state index contributed by atoms with van der Waals surface area (Å²) in [6.07, 6.45) is 1.29. The van der Waals surface area contributed by atoms with Crippen LogP contribution in [-0.2, 0) is 24.1 Å². The van der Waals surface area contributed by atoms with E-state index in [0.29, 0.717) is 18.6 Å². The number of carbonyl (C=O) groups excluding carboxylic acids is 1. The Morgan fingerprint density at radius 2 is 1.79 bits per heavy atom. The van der Waals surface area contributed by atoms with E-state index >= 15 is 0 Å². The van der Waals surface area contributed by atoms with Crippen molar-refractivity contribution in [2.24, 2.45) is 5.92 Å². The number of carbonyl (C=O) groups is 1. The highest BCUT2D eigenvalue weighted by Gasteiger charge is 2.51. The second kappa shape index (κ2) is 9.45. The molecular weight excluding hydrogens is 455 g/mol. The van der Waals surface area contributed by atoms with Crippen LogP contribution in [0, 0.1) is 12.8 Å². The molecule has 34 heavy (non-hydrogen) atoms. The first-order valence-electron chi connectivity index (χ1n) is 11.9. The molecule has 1 amide bonds. The molecule has 3 rings (SSSR count). The molecule has 1 aromatic rings. The maximum absolute atomic E-state index is 13.2. The highest BCUT2D eigenvalue weighted by molar-refractivity contribution is 7.89. The summed E-state index contributed by atoms with van der Waals surface area (Å²) in [7, 11) is -4.39. The number of sulfonamides is 1. The SMILES string of the molecule is Cc1cc(B2OC(C)(C)C(C)(C)O2)cc(S(=O)(=O)NCC2CCCN(C(=O)OC(C)(C)C)C2)c1. The van der Waals surface area contributed by atoms with Gasteiger partial charge in [-0.15, -0.1) is 0 Å². The van der Waals surface area contributed by atoms with Gasteiger partial charge in [0.2, 0.25) is 10.0 Å². The number of likely N-dealkylation sites (tertiary alicyclic amines) is 1. The van der Waals surface area contributed by atoms with E-state index in [9.17, 15) is 13.2 Å². The van der Waals surface area contributed by atoms with Crippen molar-refractivity contribution in [1.29, 1.82) is 0 Å². The average Bonchev–Trinajstić information content (AvgIpc) is 2.92. The van der Waals surface area contributed by atoms with Gasteiger partial charge >= 0.3 is 13.2 Å². The van der Waals surface area contributed by atoms with Crippen LogP contribution in [0.2, 0.25) is 0 Å². The van der Waals surface area contributed by atoms with Gasteiger partial charge in [0, 0.05) is 19.6 Å². The number of benzene rings is 1. The normalized spacial score (nSPS) is 22.6. The van der Waals surface area contributed by atoms with Crippen LogP contribution < -0.4 is 10.2 Å². The average molecular weight is 494 g/mol. The number of amides is 1. The minimum Gasteiger partial charge on any atom is -0.444 e. The molecule has 1 atom stereocenters. The van der Waals surface area contributed by atoms with Crippen molar-refractivity contribution in [3.05, 3.63) is 23.8 Å². The zero-order chi connectivity index (χ0) is 25.5. The second-order valence-corrected chi connectivity index (χ2v) is 13.2. The van der Waals surface area contributed by atoms with Crippen LogP contribution in [0.1, 0.15) is 66.9 Å². The number of ether oxygens (including phenoxy) is 1. The number of rotatable bonds is 5. The summed E-state index contributed by atoms with van der Waals surface area (Å²) >= 11 is 0. The van der Waals surface area contributed by atoms with Crippen LogP contribution in [0.5, 0.6) is 0 Å². The van der Waals surface area contributed by atoms with Crippen molar-refractivity contribution in [1.82, 2.24) is 9.62 Å². The van der Waals surface area contributed by atoms with Gasteiger partial charge in [-0.3, -0.25) is 0 Å². The van der Waals surface area contributed by atoms with E-state index in [4.69, 9.17) is 14.0 Å². The zero-order valence-corrected chi connectivity index (χ0v) is 22.5. The molecule has 1 unspecified atom stereocenters. The Labute approximate surface area is 204 Å². The Balaban J connectivity index is 1.68. The summed E-state index contributed by atoms with van der Waals surface area (Å²) < 4.78 is 46.7. The highest BCUT2D eigenvalue weighted by atomic mass is 32.2. The lowest BCUT2D eigenvalue weighted by Gasteiger charge is -2.34. The number of nitrogens with one attached hydrogen (secondary N) is 1. The Morgan fingerprint density at radius 3 is 2.38 bits per heavy atom. The number of hydrogen-bond donors (Lipinski definition) is 1. The summed E-state index contributed by atoms with van der Waals surface area (Å²) in [6.45, 7) is 16.5. The minimum absolute atomic E-state index is 0.0171. The fourth-order valence-electron chi connectivity index (χ4n) is 4.08. The first-order valence-corrected chi connectivity index (χ1v) is 13.4. The molecule has 10 heteroatoms. The molecule has 0 bridgehead atoms. The molecule has 8 nitrogen and oxygen atoms in total. The number of piperidine rings is 1. The third kappa shape index (κ3) is 6.33. The van der Waals surface area contributed by atoms with Crippen LogP contribution in [0.15, 0.2) is 23.1 Å². The van der Waals surface area contributed by atoms with Crippen molar-refractivity contribution in [3.8, 4) is 0 Å². The lowest BCUT2D eigenvalue weighted by atomic mass is 9.78. The van der Waals surface area contributed by atoms with Gasteiger partial charge in [0.25, 0.3) is 0 Å². The molecule has 2 aliphatic heterocycles. The topological polar surface area (TPSA) is 94.2 Å². The van der Waals surface area contributed by atoms with Gasteiger partial charge < -0.3 is 18.9 Å². The van der Waals surface area contributed by atoms with Gasteiger partial charge in [-0.1, -0.05) is 11.6 Å². The van der Waals surface area contributed by atoms with Gasteiger partial charge in [-0.05, 0) is 91.7 Å². The summed E-state index contributed by atoms with van der Waals surface area (Å²) in [5, 5.41) is 0. The smallest absolute Gasteiger partial charge is 0.444 e. The molecule has 2 aliphatic rings. The van der Waals surface area contributed by atoms with Gasteiger partial charge in [0.05, 0.1) is 16.1 Å². The largest absolute Gasteiger partial charge is 0.494 e. The van der Waals surface area contributed by atoms with Crippen molar-refractivity contribution in [2.75, 3.05) is 19.6 Å². The van der Waals surface area contributed by atoms with Gasteiger partial charge in [0.15, 0.2) is 0 Å². The minimum atomic E-state index is -3.75. The lowest BCUT2D eigenvalue weighted by Crippen LogP contribution is -2.45. The van der Waals surface area contributed by atoms with E-state index in [0.717, 1.165) is 18.4 Å². The second-order valence-electron chi connectivity index (χ2n) is 11.5. The molecule has 0 spiro atoms. The third-order valence-corrected chi connectivity index (χ3v) is 8.04. The molecule has 2 saturated heterocycles. The van der Waals surface area contributed by atoms with E-state index in [1.54, 1.807) is 17.0 Å². The molecule has 2 fully saturated rings. The molecular formula is C24H39BN2O6S. The van der Waals surface area contributed by atoms with Crippen molar-refractivity contribution in [2.45, 2.75) is 89.9 Å². The number of hydrogen-bond acceptors (Lipinski definition) is 6. The molecule has 1 aromatic carbocycles. The molecule has 0 radical (unpaired) electrons. The van der Waals surface area contributed by atoms with E-state index in [-0.39, 0.29) is 23.5 Å². The monoisotopic (exact) mass is 494 g/mol. The summed E-state index contributed by atoms with van der Waals surface area (Å²) in [5.41, 5.74) is -0.112. The predicted octanol–water partition coefficient (Wildman–Crippen LogP) is 3.22. The maximum Gasteiger partial charge on any atom is 0.494 e. The first-order chi connectivity index (χ1) is 15.5. The molecule has 190 valence electrons. The summed E-state index contributed by atoms with van der Waals surface area (Å²) in [6, 6.07) is 5.15. The first kappa shape index (κ1) is 27.0. The van der Waals surface area contributed by atoms with Gasteiger partial charge in [-0.2, -0.15) is 0 Å². The van der Waals surface area contributed by atoms with Crippen LogP contribution in [-0.4, -0.2) is 63.0 Å². The predicted molar refractivity (Wildman–Crippen MR) is 133 cm³/mol. The Kier molecular flexibility index (Phi) is 7.50. The quantitative estimate of drug-likeness (QED) is 0.632. The third-order valence-electron chi connectivity index (χ3n) is 6.64. The van der Waals surface area contributed by atoms with Crippen LogP contribution in [0.25, 0.3) is 0 Å². The van der Waals surface area contributed by atoms with Crippen molar-refractivity contribution >= 4 is 28.7 Å². The lowest BCUT2D eigenvalue weighted by molar-refractivity contribution is 0.00578. The summed E-state index contributed by atoms with van der Waals surface area (Å²) in [5.74, 6) is 0.0171. The summed E-state index contributed by atoms with van der Waals surface area (Å²) in [4.78, 5) is 14.3.